The molecule has 142 valence electrons. The number of carbonyl (C=O) groups excluding carboxylic acids is 2. The van der Waals surface area contributed by atoms with Gasteiger partial charge in [-0.15, -0.1) is 0 Å². The second-order valence-corrected chi connectivity index (χ2v) is 7.03. The monoisotopic (exact) mass is 392 g/mol. The molecule has 1 heterocycles. The van der Waals surface area contributed by atoms with Gasteiger partial charge >= 0.3 is 5.97 Å². The standard InChI is InChI=1S/C22H20N2O3S/c1-27-22(26)17-11-9-16(10-12-17)13-15-23-20(25)19-8-5-14-24-21(19)28-18-6-3-2-4-7-18/h2-12,14H,13,15H2,1H3,(H,23,25). The molecule has 6 heteroatoms. The van der Waals surface area contributed by atoms with Crippen LogP contribution in [0.1, 0.15) is 26.3 Å². The predicted molar refractivity (Wildman–Crippen MR) is 109 cm³/mol. The summed E-state index contributed by atoms with van der Waals surface area (Å²) in [6.07, 6.45) is 2.35. The lowest BCUT2D eigenvalue weighted by Crippen LogP contribution is -2.26. The van der Waals surface area contributed by atoms with Gasteiger partial charge in [0.05, 0.1) is 18.2 Å². The number of nitrogens with one attached hydrogen (secondary N) is 1. The van der Waals surface area contributed by atoms with Crippen LogP contribution in [0.4, 0.5) is 0 Å². The van der Waals surface area contributed by atoms with E-state index in [-0.39, 0.29) is 11.9 Å². The van der Waals surface area contributed by atoms with E-state index in [1.54, 1.807) is 30.5 Å². The van der Waals surface area contributed by atoms with E-state index in [0.29, 0.717) is 29.1 Å². The van der Waals surface area contributed by atoms with Crippen LogP contribution in [0.25, 0.3) is 0 Å². The smallest absolute Gasteiger partial charge is 0.337 e. The minimum atomic E-state index is -0.361. The van der Waals surface area contributed by atoms with Gasteiger partial charge in [-0.2, -0.15) is 0 Å². The molecule has 3 aromatic rings. The van der Waals surface area contributed by atoms with Crippen molar-refractivity contribution < 1.29 is 14.3 Å². The number of pyridine rings is 1. The minimum absolute atomic E-state index is 0.155. The van der Waals surface area contributed by atoms with Crippen molar-refractivity contribution >= 4 is 23.6 Å². The number of carbonyl (C=O) groups is 2. The highest BCUT2D eigenvalue weighted by atomic mass is 32.2. The topological polar surface area (TPSA) is 68.3 Å². The Balaban J connectivity index is 1.59. The van der Waals surface area contributed by atoms with Gasteiger partial charge in [-0.25, -0.2) is 9.78 Å². The molecule has 0 spiro atoms. The number of rotatable bonds is 7. The lowest BCUT2D eigenvalue weighted by atomic mass is 10.1. The quantitative estimate of drug-likeness (QED) is 0.616. The summed E-state index contributed by atoms with van der Waals surface area (Å²) in [7, 11) is 1.36. The van der Waals surface area contributed by atoms with E-state index in [1.807, 2.05) is 42.5 Å². The van der Waals surface area contributed by atoms with Gasteiger partial charge in [0.25, 0.3) is 5.91 Å². The zero-order valence-electron chi connectivity index (χ0n) is 15.4. The molecule has 0 saturated carbocycles. The molecule has 0 aliphatic heterocycles. The fourth-order valence-electron chi connectivity index (χ4n) is 2.59. The third-order valence-electron chi connectivity index (χ3n) is 4.05. The van der Waals surface area contributed by atoms with Crippen molar-refractivity contribution in [2.24, 2.45) is 0 Å². The molecule has 0 aliphatic carbocycles. The number of nitrogens with zero attached hydrogens (tertiary/aromatic N) is 1. The van der Waals surface area contributed by atoms with Crippen LogP contribution >= 0.6 is 11.8 Å². The normalized spacial score (nSPS) is 10.3. The maximum Gasteiger partial charge on any atom is 0.337 e. The predicted octanol–water partition coefficient (Wildman–Crippen LogP) is 3.99. The third kappa shape index (κ3) is 5.20. The minimum Gasteiger partial charge on any atom is -0.465 e. The van der Waals surface area contributed by atoms with Gasteiger partial charge in [-0.05, 0) is 48.4 Å². The van der Waals surface area contributed by atoms with Crippen LogP contribution in [-0.4, -0.2) is 30.5 Å². The summed E-state index contributed by atoms with van der Waals surface area (Å²) >= 11 is 1.46. The van der Waals surface area contributed by atoms with E-state index in [0.717, 1.165) is 10.5 Å². The number of methoxy groups -OCH3 is 1. The van der Waals surface area contributed by atoms with Gasteiger partial charge in [0.1, 0.15) is 5.03 Å². The SMILES string of the molecule is COC(=O)c1ccc(CCNC(=O)c2cccnc2Sc2ccccc2)cc1. The highest BCUT2D eigenvalue weighted by Crippen LogP contribution is 2.28. The molecule has 2 aromatic carbocycles. The molecule has 1 aromatic heterocycles. The summed E-state index contributed by atoms with van der Waals surface area (Å²) in [6, 6.07) is 20.5. The molecule has 0 aliphatic rings. The Morgan fingerprint density at radius 1 is 1.00 bits per heavy atom. The number of amides is 1. The van der Waals surface area contributed by atoms with Crippen LogP contribution < -0.4 is 5.32 Å². The summed E-state index contributed by atoms with van der Waals surface area (Å²) in [6.45, 7) is 0.487. The number of benzene rings is 2. The number of ether oxygens (including phenoxy) is 1. The molecular formula is C22H20N2O3S. The van der Waals surface area contributed by atoms with Crippen LogP contribution in [0.2, 0.25) is 0 Å². The zero-order valence-corrected chi connectivity index (χ0v) is 16.2. The Kier molecular flexibility index (Phi) is 6.81. The van der Waals surface area contributed by atoms with Crippen LogP contribution in [0.5, 0.6) is 0 Å². The van der Waals surface area contributed by atoms with Crippen molar-refractivity contribution in [1.82, 2.24) is 10.3 Å². The zero-order chi connectivity index (χ0) is 19.8. The van der Waals surface area contributed by atoms with Gasteiger partial charge in [0, 0.05) is 17.6 Å². The molecule has 0 radical (unpaired) electrons. The van der Waals surface area contributed by atoms with Crippen molar-refractivity contribution in [2.75, 3.05) is 13.7 Å². The molecule has 0 unspecified atom stereocenters. The molecule has 0 bridgehead atoms. The lowest BCUT2D eigenvalue weighted by Gasteiger charge is -2.09. The second-order valence-electron chi connectivity index (χ2n) is 5.97. The van der Waals surface area contributed by atoms with E-state index >= 15 is 0 Å². The Morgan fingerprint density at radius 2 is 1.75 bits per heavy atom. The Morgan fingerprint density at radius 3 is 2.46 bits per heavy atom. The summed E-state index contributed by atoms with van der Waals surface area (Å²) < 4.78 is 4.69. The Labute approximate surface area is 168 Å². The maximum absolute atomic E-state index is 12.6. The molecule has 0 atom stereocenters. The van der Waals surface area contributed by atoms with Crippen molar-refractivity contribution in [3.8, 4) is 0 Å². The van der Waals surface area contributed by atoms with Crippen molar-refractivity contribution in [3.63, 3.8) is 0 Å². The first-order valence-electron chi connectivity index (χ1n) is 8.81. The Bertz CT molecular complexity index is 944. The molecular weight excluding hydrogens is 372 g/mol. The first-order valence-corrected chi connectivity index (χ1v) is 9.62. The number of hydrogen-bond donors (Lipinski definition) is 1. The first-order chi connectivity index (χ1) is 13.7. The van der Waals surface area contributed by atoms with E-state index in [9.17, 15) is 9.59 Å². The maximum atomic E-state index is 12.6. The molecule has 28 heavy (non-hydrogen) atoms. The molecule has 3 rings (SSSR count). The van der Waals surface area contributed by atoms with Crippen molar-refractivity contribution in [1.29, 1.82) is 0 Å². The summed E-state index contributed by atoms with van der Waals surface area (Å²) in [4.78, 5) is 29.4. The summed E-state index contributed by atoms with van der Waals surface area (Å²) in [5.74, 6) is -0.516. The van der Waals surface area contributed by atoms with Crippen molar-refractivity contribution in [3.05, 3.63) is 89.6 Å². The average Bonchev–Trinajstić information content (AvgIpc) is 2.74. The van der Waals surface area contributed by atoms with Gasteiger partial charge in [0.2, 0.25) is 0 Å². The summed E-state index contributed by atoms with van der Waals surface area (Å²) in [5, 5.41) is 3.61. The highest BCUT2D eigenvalue weighted by Gasteiger charge is 2.13. The number of aromatic nitrogens is 1. The lowest BCUT2D eigenvalue weighted by molar-refractivity contribution is 0.0600. The molecule has 1 amide bonds. The second kappa shape index (κ2) is 9.71. The number of hydrogen-bond acceptors (Lipinski definition) is 5. The van der Waals surface area contributed by atoms with Crippen molar-refractivity contribution in [2.45, 2.75) is 16.3 Å². The third-order valence-corrected chi connectivity index (χ3v) is 5.07. The molecule has 1 N–H and O–H groups in total. The Hall–Kier alpha value is -3.12. The molecule has 5 nitrogen and oxygen atoms in total. The fraction of sp³-hybridized carbons (Fsp3) is 0.136. The van der Waals surface area contributed by atoms with Crippen LogP contribution in [0.3, 0.4) is 0 Å². The van der Waals surface area contributed by atoms with Crippen LogP contribution in [-0.2, 0) is 11.2 Å². The van der Waals surface area contributed by atoms with Gasteiger partial charge in [-0.1, -0.05) is 42.1 Å². The van der Waals surface area contributed by atoms with Gasteiger partial charge in [-0.3, -0.25) is 4.79 Å². The molecule has 0 saturated heterocycles. The largest absolute Gasteiger partial charge is 0.465 e. The fourth-order valence-corrected chi connectivity index (χ4v) is 3.49. The van der Waals surface area contributed by atoms with Gasteiger partial charge in [0.15, 0.2) is 0 Å². The van der Waals surface area contributed by atoms with E-state index < -0.39 is 0 Å². The summed E-state index contributed by atoms with van der Waals surface area (Å²) in [5.41, 5.74) is 2.09. The molecule has 0 fully saturated rings. The van der Waals surface area contributed by atoms with E-state index in [2.05, 4.69) is 15.0 Å². The number of esters is 1. The highest BCUT2D eigenvalue weighted by molar-refractivity contribution is 7.99. The van der Waals surface area contributed by atoms with Gasteiger partial charge < -0.3 is 10.1 Å². The first kappa shape index (κ1) is 19.6. The van der Waals surface area contributed by atoms with Crippen LogP contribution in [0, 0.1) is 0 Å². The van der Waals surface area contributed by atoms with E-state index in [4.69, 9.17) is 0 Å². The van der Waals surface area contributed by atoms with E-state index in [1.165, 1.54) is 18.9 Å². The van der Waals surface area contributed by atoms with Crippen LogP contribution in [0.15, 0.2) is 82.8 Å². The average molecular weight is 392 g/mol.